The Morgan fingerprint density at radius 3 is 1.78 bits per heavy atom. The predicted molar refractivity (Wildman–Crippen MR) is 61.4 cm³/mol. The zero-order valence-electron chi connectivity index (χ0n) is 9.32. The summed E-state index contributed by atoms with van der Waals surface area (Å²) in [7, 11) is 0. The third-order valence-electron chi connectivity index (χ3n) is 1.89. The van der Waals surface area contributed by atoms with Gasteiger partial charge in [0, 0.05) is 15.5 Å². The fraction of sp³-hybridized carbons (Fsp3) is 0. The first-order chi connectivity index (χ1) is 6.86. The Morgan fingerprint density at radius 1 is 0.722 bits per heavy atom. The molecule has 2 rings (SSSR count). The maximum atomic E-state index is 5.85. The third-order valence-corrected chi connectivity index (χ3v) is 2.99. The van der Waals surface area contributed by atoms with Crippen LogP contribution in [0.5, 0.6) is 0 Å². The Kier molecular flexibility index (Phi) is 15.8. The molecule has 2 N–H and O–H groups in total. The maximum absolute atomic E-state index is 5.85. The van der Waals surface area contributed by atoms with Crippen LogP contribution < -0.4 is 43.0 Å². The molecule has 0 saturated carbocycles. The Hall–Kier alpha value is 0.174. The summed E-state index contributed by atoms with van der Waals surface area (Å²) in [6, 6.07) is 18.1. The van der Waals surface area contributed by atoms with Crippen molar-refractivity contribution in [2.24, 2.45) is 0 Å². The fourth-order valence-corrected chi connectivity index (χ4v) is 2.07. The van der Waals surface area contributed by atoms with Crippen molar-refractivity contribution in [1.29, 1.82) is 0 Å². The van der Waals surface area contributed by atoms with Crippen molar-refractivity contribution in [3.05, 3.63) is 54.6 Å². The second-order valence-electron chi connectivity index (χ2n) is 2.95. The van der Waals surface area contributed by atoms with Crippen molar-refractivity contribution in [2.75, 3.05) is 5.73 Å². The van der Waals surface area contributed by atoms with E-state index in [1.165, 1.54) is 4.90 Å². The second kappa shape index (κ2) is 12.2. The third kappa shape index (κ3) is 6.93. The first-order valence-corrected chi connectivity index (χ1v) is 5.25. The van der Waals surface area contributed by atoms with E-state index >= 15 is 0 Å². The molecule has 0 amide bonds. The maximum Gasteiger partial charge on any atom is 3.00 e. The number of hydrogen-bond donors (Lipinski definition) is 1. The van der Waals surface area contributed by atoms with E-state index in [0.29, 0.717) is 0 Å². The summed E-state index contributed by atoms with van der Waals surface area (Å²) in [5.74, 6) is 0. The van der Waals surface area contributed by atoms with E-state index in [1.807, 2.05) is 42.5 Å². The van der Waals surface area contributed by atoms with E-state index in [2.05, 4.69) is 12.1 Å². The summed E-state index contributed by atoms with van der Waals surface area (Å²) < 4.78 is 0. The Labute approximate surface area is 145 Å². The van der Waals surface area contributed by atoms with Crippen LogP contribution in [0.4, 0.5) is 5.69 Å². The Balaban J connectivity index is -0.000000562. The fourth-order valence-electron chi connectivity index (χ4n) is 1.19. The molecule has 0 aliphatic rings. The minimum absolute atomic E-state index is 0. The number of rotatable bonds is 2. The summed E-state index contributed by atoms with van der Waals surface area (Å²) in [5, 5.41) is 0. The van der Waals surface area contributed by atoms with Crippen LogP contribution in [0, 0.1) is 0 Å². The van der Waals surface area contributed by atoms with Gasteiger partial charge in [-0.2, -0.15) is 0 Å². The monoisotopic (exact) mass is 354 g/mol. The van der Waals surface area contributed by atoms with Crippen molar-refractivity contribution < 1.29 is 58.9 Å². The van der Waals surface area contributed by atoms with Gasteiger partial charge in [-0.1, -0.05) is 42.1 Å². The largest absolute Gasteiger partial charge is 3.00 e. The minimum atomic E-state index is 0. The molecule has 0 saturated heterocycles. The molecule has 0 unspecified atom stereocenters. The minimum Gasteiger partial charge on any atom is -1.00 e. The standard InChI is InChI=1S/C12H11NS.3ClH.Ti/c13-11-8-4-5-9-12(11)14-10-6-2-1-3-7-10;;;;/h1-9H,13H2;3*1H;/q;;;;+3/p-3. The van der Waals surface area contributed by atoms with Crippen LogP contribution in [0.25, 0.3) is 0 Å². The van der Waals surface area contributed by atoms with E-state index < -0.39 is 0 Å². The van der Waals surface area contributed by atoms with Gasteiger partial charge in [-0.3, -0.25) is 0 Å². The molecular weight excluding hydrogens is 344 g/mol. The van der Waals surface area contributed by atoms with E-state index in [9.17, 15) is 0 Å². The summed E-state index contributed by atoms with van der Waals surface area (Å²) in [5.41, 5.74) is 6.68. The van der Waals surface area contributed by atoms with Gasteiger partial charge in [0.25, 0.3) is 0 Å². The van der Waals surface area contributed by atoms with Gasteiger partial charge in [-0.15, -0.1) is 0 Å². The van der Waals surface area contributed by atoms with Crippen LogP contribution in [0.3, 0.4) is 0 Å². The molecule has 2 aromatic rings. The van der Waals surface area contributed by atoms with Gasteiger partial charge in [-0.05, 0) is 24.3 Å². The van der Waals surface area contributed by atoms with Gasteiger partial charge in [-0.25, -0.2) is 0 Å². The van der Waals surface area contributed by atoms with Crippen molar-refractivity contribution >= 4 is 17.4 Å². The molecule has 0 fully saturated rings. The molecule has 2 aromatic carbocycles. The zero-order valence-corrected chi connectivity index (χ0v) is 14.0. The molecule has 1 nitrogen and oxygen atoms in total. The SMILES string of the molecule is Nc1ccccc1Sc1ccccc1.[Cl-].[Cl-].[Cl-].[Ti+3]. The van der Waals surface area contributed by atoms with E-state index in [-0.39, 0.29) is 58.9 Å². The number of para-hydroxylation sites is 1. The number of hydrogen-bond acceptors (Lipinski definition) is 2. The van der Waals surface area contributed by atoms with Crippen molar-refractivity contribution in [3.63, 3.8) is 0 Å². The summed E-state index contributed by atoms with van der Waals surface area (Å²) >= 11 is 1.69. The molecule has 18 heavy (non-hydrogen) atoms. The summed E-state index contributed by atoms with van der Waals surface area (Å²) in [6.45, 7) is 0. The molecule has 6 heteroatoms. The molecule has 0 heterocycles. The number of anilines is 1. The summed E-state index contributed by atoms with van der Waals surface area (Å²) in [4.78, 5) is 2.32. The van der Waals surface area contributed by atoms with Gasteiger partial charge >= 0.3 is 21.7 Å². The number of nitrogens with two attached hydrogens (primary N) is 1. The van der Waals surface area contributed by atoms with Crippen molar-refractivity contribution in [3.8, 4) is 0 Å². The van der Waals surface area contributed by atoms with Crippen LogP contribution >= 0.6 is 11.8 Å². The predicted octanol–water partition coefficient (Wildman–Crippen LogP) is -5.57. The van der Waals surface area contributed by atoms with E-state index in [1.54, 1.807) is 11.8 Å². The molecule has 0 spiro atoms. The van der Waals surface area contributed by atoms with Crippen LogP contribution in [-0.4, -0.2) is 0 Å². The Bertz CT molecular complexity index is 429. The molecule has 1 radical (unpaired) electrons. The zero-order chi connectivity index (χ0) is 9.80. The number of nitrogen functional groups attached to an aromatic ring is 1. The average molecular weight is 356 g/mol. The van der Waals surface area contributed by atoms with E-state index in [4.69, 9.17) is 5.73 Å². The molecule has 95 valence electrons. The first-order valence-electron chi connectivity index (χ1n) is 4.43. The molecular formula is C12H11Cl3NSTi. The normalized spacial score (nSPS) is 7.78. The average Bonchev–Trinajstić information content (AvgIpc) is 2.23. The molecule has 0 bridgehead atoms. The molecule has 0 aromatic heterocycles. The smallest absolute Gasteiger partial charge is 1.00 e. The topological polar surface area (TPSA) is 26.0 Å². The van der Waals surface area contributed by atoms with Gasteiger partial charge in [0.1, 0.15) is 0 Å². The Morgan fingerprint density at radius 2 is 1.22 bits per heavy atom. The quantitative estimate of drug-likeness (QED) is 0.430. The van der Waals surface area contributed by atoms with Crippen LogP contribution in [0.1, 0.15) is 0 Å². The van der Waals surface area contributed by atoms with Gasteiger partial charge in [0.05, 0.1) is 0 Å². The van der Waals surface area contributed by atoms with Gasteiger partial charge in [0.2, 0.25) is 0 Å². The van der Waals surface area contributed by atoms with Crippen LogP contribution in [0.2, 0.25) is 0 Å². The van der Waals surface area contributed by atoms with Crippen molar-refractivity contribution in [2.45, 2.75) is 9.79 Å². The first kappa shape index (κ1) is 23.3. The van der Waals surface area contributed by atoms with Gasteiger partial charge in [0.15, 0.2) is 0 Å². The molecule has 0 atom stereocenters. The summed E-state index contributed by atoms with van der Waals surface area (Å²) in [6.07, 6.45) is 0. The van der Waals surface area contributed by atoms with E-state index in [0.717, 1.165) is 10.6 Å². The van der Waals surface area contributed by atoms with Gasteiger partial charge < -0.3 is 43.0 Å². The van der Waals surface area contributed by atoms with Crippen LogP contribution in [-0.2, 0) is 21.7 Å². The second-order valence-corrected chi connectivity index (χ2v) is 4.07. The van der Waals surface area contributed by atoms with Crippen molar-refractivity contribution in [1.82, 2.24) is 0 Å². The molecule has 0 aliphatic carbocycles. The van der Waals surface area contributed by atoms with Crippen LogP contribution in [0.15, 0.2) is 64.4 Å². The number of benzene rings is 2. The number of halogens is 3. The molecule has 0 aliphatic heterocycles.